The van der Waals surface area contributed by atoms with Crippen LogP contribution in [0.3, 0.4) is 0 Å². The first-order valence-corrected chi connectivity index (χ1v) is 10.1. The van der Waals surface area contributed by atoms with E-state index in [1.54, 1.807) is 0 Å². The van der Waals surface area contributed by atoms with Gasteiger partial charge in [-0.05, 0) is 36.2 Å². The van der Waals surface area contributed by atoms with E-state index in [0.29, 0.717) is 0 Å². The summed E-state index contributed by atoms with van der Waals surface area (Å²) in [5, 5.41) is 4.30. The van der Waals surface area contributed by atoms with E-state index in [9.17, 15) is 0 Å². The molecule has 0 unspecified atom stereocenters. The highest BCUT2D eigenvalue weighted by atomic mass is 32.2. The van der Waals surface area contributed by atoms with Crippen molar-refractivity contribution < 1.29 is 0 Å². The first kappa shape index (κ1) is 18.3. The Bertz CT molecular complexity index is 482. The van der Waals surface area contributed by atoms with E-state index in [1.807, 2.05) is 11.8 Å². The molecule has 0 spiro atoms. The Morgan fingerprint density at radius 3 is 2.65 bits per heavy atom. The zero-order chi connectivity index (χ0) is 16.3. The van der Waals surface area contributed by atoms with E-state index in [2.05, 4.69) is 63.9 Å². The number of hydrogen-bond acceptors (Lipinski definition) is 3. The lowest BCUT2D eigenvalue weighted by atomic mass is 10.2. The fourth-order valence-electron chi connectivity index (χ4n) is 2.56. The van der Waals surface area contributed by atoms with Crippen molar-refractivity contribution in [1.82, 2.24) is 15.1 Å². The first-order valence-electron chi connectivity index (χ1n) is 8.25. The predicted octanol–water partition coefficient (Wildman–Crippen LogP) is 2.95. The molecule has 1 aliphatic rings. The smallest absolute Gasteiger partial charge is 0.169 e. The zero-order valence-electron chi connectivity index (χ0n) is 13.9. The summed E-state index contributed by atoms with van der Waals surface area (Å²) in [4.78, 5) is 4.78. The minimum absolute atomic E-state index is 0.922. The Morgan fingerprint density at radius 2 is 1.96 bits per heavy atom. The Morgan fingerprint density at radius 1 is 1.22 bits per heavy atom. The van der Waals surface area contributed by atoms with Crippen LogP contribution in [-0.4, -0.2) is 66.2 Å². The predicted molar refractivity (Wildman–Crippen MR) is 107 cm³/mol. The standard InChI is InChI=1S/C18H27N3S2/c1-23-16-6-10-19-18(22)21-14-12-20(13-15-21)11-5-9-17-7-3-2-4-8-17/h2-5,7-9H,6,10-16H2,1H3,(H,19,22)/b9-5+. The molecule has 1 heterocycles. The van der Waals surface area contributed by atoms with Crippen molar-refractivity contribution in [1.29, 1.82) is 0 Å². The van der Waals surface area contributed by atoms with Gasteiger partial charge in [0, 0.05) is 39.3 Å². The van der Waals surface area contributed by atoms with Crippen molar-refractivity contribution in [3.63, 3.8) is 0 Å². The summed E-state index contributed by atoms with van der Waals surface area (Å²) in [6.45, 7) is 6.19. The molecule has 0 amide bonds. The van der Waals surface area contributed by atoms with E-state index in [-0.39, 0.29) is 0 Å². The molecule has 0 radical (unpaired) electrons. The number of thiocarbonyl (C=S) groups is 1. The van der Waals surface area contributed by atoms with Gasteiger partial charge >= 0.3 is 0 Å². The van der Waals surface area contributed by atoms with Gasteiger partial charge in [-0.15, -0.1) is 0 Å². The second kappa shape index (κ2) is 10.7. The summed E-state index contributed by atoms with van der Waals surface area (Å²) in [6.07, 6.45) is 7.77. The molecule has 1 aliphatic heterocycles. The van der Waals surface area contributed by atoms with E-state index in [4.69, 9.17) is 12.2 Å². The summed E-state index contributed by atoms with van der Waals surface area (Å²) in [7, 11) is 0. The molecule has 1 fully saturated rings. The topological polar surface area (TPSA) is 18.5 Å². The Balaban J connectivity index is 1.63. The normalized spacial score (nSPS) is 16.0. The van der Waals surface area contributed by atoms with Gasteiger partial charge in [-0.25, -0.2) is 0 Å². The van der Waals surface area contributed by atoms with Gasteiger partial charge < -0.3 is 10.2 Å². The molecular weight excluding hydrogens is 322 g/mol. The summed E-state index contributed by atoms with van der Waals surface area (Å²) in [5.74, 6) is 1.19. The van der Waals surface area contributed by atoms with Crippen LogP contribution in [0.4, 0.5) is 0 Å². The van der Waals surface area contributed by atoms with Crippen LogP contribution >= 0.6 is 24.0 Å². The third-order valence-electron chi connectivity index (χ3n) is 3.93. The molecule has 1 N–H and O–H groups in total. The van der Waals surface area contributed by atoms with Gasteiger partial charge in [-0.3, -0.25) is 4.90 Å². The molecule has 5 heteroatoms. The maximum Gasteiger partial charge on any atom is 0.169 e. The monoisotopic (exact) mass is 349 g/mol. The molecule has 2 rings (SSSR count). The molecule has 23 heavy (non-hydrogen) atoms. The summed E-state index contributed by atoms with van der Waals surface area (Å²) in [5.41, 5.74) is 1.27. The lowest BCUT2D eigenvalue weighted by Crippen LogP contribution is -2.51. The highest BCUT2D eigenvalue weighted by Crippen LogP contribution is 2.05. The zero-order valence-corrected chi connectivity index (χ0v) is 15.5. The second-order valence-electron chi connectivity index (χ2n) is 5.68. The van der Waals surface area contributed by atoms with Crippen LogP contribution in [0.2, 0.25) is 0 Å². The van der Waals surface area contributed by atoms with Crippen molar-refractivity contribution in [3.05, 3.63) is 42.0 Å². The Hall–Kier alpha value is -1.04. The summed E-state index contributed by atoms with van der Waals surface area (Å²) < 4.78 is 0. The van der Waals surface area contributed by atoms with Gasteiger partial charge in [0.05, 0.1) is 0 Å². The van der Waals surface area contributed by atoms with E-state index in [1.165, 1.54) is 17.7 Å². The number of benzene rings is 1. The molecule has 0 aliphatic carbocycles. The number of nitrogens with zero attached hydrogens (tertiary/aromatic N) is 2. The molecule has 1 aromatic carbocycles. The number of rotatable bonds is 7. The molecule has 0 aromatic heterocycles. The van der Waals surface area contributed by atoms with E-state index >= 15 is 0 Å². The molecular formula is C18H27N3S2. The van der Waals surface area contributed by atoms with Crippen molar-refractivity contribution in [2.75, 3.05) is 51.3 Å². The van der Waals surface area contributed by atoms with Crippen molar-refractivity contribution in [3.8, 4) is 0 Å². The lowest BCUT2D eigenvalue weighted by Gasteiger charge is -2.35. The molecule has 1 aromatic rings. The first-order chi connectivity index (χ1) is 11.3. The largest absolute Gasteiger partial charge is 0.363 e. The number of hydrogen-bond donors (Lipinski definition) is 1. The fourth-order valence-corrected chi connectivity index (χ4v) is 3.28. The van der Waals surface area contributed by atoms with Gasteiger partial charge in [0.1, 0.15) is 0 Å². The molecule has 0 bridgehead atoms. The third kappa shape index (κ3) is 6.94. The van der Waals surface area contributed by atoms with Crippen LogP contribution in [-0.2, 0) is 0 Å². The van der Waals surface area contributed by atoms with E-state index in [0.717, 1.165) is 44.4 Å². The van der Waals surface area contributed by atoms with Gasteiger partial charge in [-0.1, -0.05) is 42.5 Å². The quantitative estimate of drug-likeness (QED) is 0.601. The van der Waals surface area contributed by atoms with Crippen molar-refractivity contribution in [2.45, 2.75) is 6.42 Å². The maximum absolute atomic E-state index is 5.49. The highest BCUT2D eigenvalue weighted by molar-refractivity contribution is 7.98. The van der Waals surface area contributed by atoms with Crippen LogP contribution in [0.15, 0.2) is 36.4 Å². The Labute approximate surface area is 150 Å². The summed E-state index contributed by atoms with van der Waals surface area (Å²) in [6, 6.07) is 10.5. The van der Waals surface area contributed by atoms with Crippen LogP contribution in [0, 0.1) is 0 Å². The highest BCUT2D eigenvalue weighted by Gasteiger charge is 2.17. The average Bonchev–Trinajstić information content (AvgIpc) is 2.60. The molecule has 3 nitrogen and oxygen atoms in total. The SMILES string of the molecule is CSCCCNC(=S)N1CCN(C/C=C/c2ccccc2)CC1. The average molecular weight is 350 g/mol. The van der Waals surface area contributed by atoms with Crippen LogP contribution in [0.25, 0.3) is 6.08 Å². The van der Waals surface area contributed by atoms with Crippen molar-refractivity contribution >= 4 is 35.2 Å². The molecule has 0 atom stereocenters. The van der Waals surface area contributed by atoms with E-state index < -0.39 is 0 Å². The van der Waals surface area contributed by atoms with Gasteiger partial charge in [0.25, 0.3) is 0 Å². The number of piperazine rings is 1. The fraction of sp³-hybridized carbons (Fsp3) is 0.500. The Kier molecular flexibility index (Phi) is 8.50. The maximum atomic E-state index is 5.49. The number of nitrogens with one attached hydrogen (secondary N) is 1. The van der Waals surface area contributed by atoms with Crippen molar-refractivity contribution in [2.24, 2.45) is 0 Å². The molecule has 0 saturated carbocycles. The van der Waals surface area contributed by atoms with Crippen LogP contribution in [0.5, 0.6) is 0 Å². The lowest BCUT2D eigenvalue weighted by molar-refractivity contribution is 0.197. The summed E-state index contributed by atoms with van der Waals surface area (Å²) >= 11 is 7.37. The van der Waals surface area contributed by atoms with Crippen LogP contribution in [0.1, 0.15) is 12.0 Å². The minimum atomic E-state index is 0.922. The second-order valence-corrected chi connectivity index (χ2v) is 7.05. The van der Waals surface area contributed by atoms with Crippen LogP contribution < -0.4 is 5.32 Å². The van der Waals surface area contributed by atoms with Gasteiger partial charge in [0.15, 0.2) is 5.11 Å². The minimum Gasteiger partial charge on any atom is -0.363 e. The van der Waals surface area contributed by atoms with Gasteiger partial charge in [0.2, 0.25) is 0 Å². The van der Waals surface area contributed by atoms with Gasteiger partial charge in [-0.2, -0.15) is 11.8 Å². The molecule has 1 saturated heterocycles. The molecule has 126 valence electrons. The number of thioether (sulfide) groups is 1. The third-order valence-corrected chi connectivity index (χ3v) is 5.03.